The molecule has 1 heterocycles. The van der Waals surface area contributed by atoms with E-state index in [0.29, 0.717) is 13.0 Å². The molecule has 3 heteroatoms. The SMILES string of the molecule is O=C1CC/C=C/CCC(S)CO1. The number of rotatable bonds is 0. The number of carbonyl (C=O) groups excluding carboxylic acids is 1. The second kappa shape index (κ2) is 5.25. The molecule has 0 aromatic carbocycles. The molecule has 0 radical (unpaired) electrons. The van der Waals surface area contributed by atoms with Gasteiger partial charge >= 0.3 is 5.97 Å². The fourth-order valence-corrected chi connectivity index (χ4v) is 1.29. The van der Waals surface area contributed by atoms with Crippen LogP contribution in [-0.2, 0) is 9.53 Å². The Balaban J connectivity index is 2.39. The van der Waals surface area contributed by atoms with Gasteiger partial charge in [-0.25, -0.2) is 0 Å². The highest BCUT2D eigenvalue weighted by atomic mass is 32.1. The Bertz CT molecular complexity index is 177. The Morgan fingerprint density at radius 3 is 3.00 bits per heavy atom. The third-order valence-corrected chi connectivity index (χ3v) is 2.19. The number of hydrogen-bond acceptors (Lipinski definition) is 3. The monoisotopic (exact) mass is 186 g/mol. The van der Waals surface area contributed by atoms with Gasteiger partial charge in [0.2, 0.25) is 0 Å². The Kier molecular flexibility index (Phi) is 4.22. The van der Waals surface area contributed by atoms with Crippen LogP contribution in [0, 0.1) is 0 Å². The number of hydrogen-bond donors (Lipinski definition) is 1. The first-order chi connectivity index (χ1) is 5.79. The van der Waals surface area contributed by atoms with Crippen LogP contribution in [0.2, 0.25) is 0 Å². The lowest BCUT2D eigenvalue weighted by Gasteiger charge is -2.11. The Labute approximate surface area is 78.4 Å². The summed E-state index contributed by atoms with van der Waals surface area (Å²) in [5, 5.41) is 0.191. The maximum atomic E-state index is 11.0. The average molecular weight is 186 g/mol. The number of ether oxygens (including phenoxy) is 1. The Morgan fingerprint density at radius 1 is 1.42 bits per heavy atom. The lowest BCUT2D eigenvalue weighted by Crippen LogP contribution is -2.14. The zero-order valence-electron chi connectivity index (χ0n) is 7.03. The first kappa shape index (κ1) is 9.65. The molecular formula is C9H14O2S. The topological polar surface area (TPSA) is 26.3 Å². The maximum absolute atomic E-state index is 11.0. The van der Waals surface area contributed by atoms with Crippen LogP contribution in [0.4, 0.5) is 0 Å². The van der Waals surface area contributed by atoms with Gasteiger partial charge < -0.3 is 4.74 Å². The lowest BCUT2D eigenvalue weighted by molar-refractivity contribution is -0.143. The predicted octanol–water partition coefficient (Wildman–Crippen LogP) is 1.96. The fourth-order valence-electron chi connectivity index (χ4n) is 1.07. The van der Waals surface area contributed by atoms with Gasteiger partial charge in [-0.15, -0.1) is 0 Å². The molecule has 0 amide bonds. The van der Waals surface area contributed by atoms with Gasteiger partial charge in [0.25, 0.3) is 0 Å². The van der Waals surface area contributed by atoms with E-state index in [1.54, 1.807) is 0 Å². The van der Waals surface area contributed by atoms with Gasteiger partial charge in [0.1, 0.15) is 6.61 Å². The van der Waals surface area contributed by atoms with Gasteiger partial charge in [-0.3, -0.25) is 4.79 Å². The smallest absolute Gasteiger partial charge is 0.306 e. The molecule has 0 aliphatic carbocycles. The van der Waals surface area contributed by atoms with Crippen molar-refractivity contribution in [2.24, 2.45) is 0 Å². The zero-order valence-corrected chi connectivity index (χ0v) is 7.93. The minimum Gasteiger partial charge on any atom is -0.464 e. The normalized spacial score (nSPS) is 29.1. The molecule has 1 aliphatic heterocycles. The molecule has 0 spiro atoms. The second-order valence-corrected chi connectivity index (χ2v) is 3.65. The molecule has 0 aromatic rings. The third-order valence-electron chi connectivity index (χ3n) is 1.79. The Hall–Kier alpha value is -0.440. The standard InChI is InChI=1S/C9H14O2S/c10-9-6-4-2-1-3-5-8(12)7-11-9/h1-2,8,12H,3-7H2/b2-1+. The predicted molar refractivity (Wildman–Crippen MR) is 51.3 cm³/mol. The summed E-state index contributed by atoms with van der Waals surface area (Å²) in [6, 6.07) is 0. The lowest BCUT2D eigenvalue weighted by atomic mass is 10.2. The van der Waals surface area contributed by atoms with Gasteiger partial charge in [0.15, 0.2) is 0 Å². The van der Waals surface area contributed by atoms with Crippen molar-refractivity contribution in [1.29, 1.82) is 0 Å². The van der Waals surface area contributed by atoms with Crippen molar-refractivity contribution in [2.75, 3.05) is 6.61 Å². The molecule has 0 bridgehead atoms. The van der Waals surface area contributed by atoms with E-state index in [2.05, 4.69) is 18.7 Å². The highest BCUT2D eigenvalue weighted by Gasteiger charge is 2.07. The van der Waals surface area contributed by atoms with Crippen molar-refractivity contribution >= 4 is 18.6 Å². The van der Waals surface area contributed by atoms with E-state index in [4.69, 9.17) is 4.74 Å². The van der Waals surface area contributed by atoms with Crippen molar-refractivity contribution in [3.05, 3.63) is 12.2 Å². The van der Waals surface area contributed by atoms with Crippen LogP contribution in [-0.4, -0.2) is 17.8 Å². The van der Waals surface area contributed by atoms with Crippen molar-refractivity contribution in [2.45, 2.75) is 30.9 Å². The van der Waals surface area contributed by atoms with E-state index in [1.165, 1.54) is 0 Å². The molecular weight excluding hydrogens is 172 g/mol. The van der Waals surface area contributed by atoms with E-state index >= 15 is 0 Å². The maximum Gasteiger partial charge on any atom is 0.306 e. The molecule has 12 heavy (non-hydrogen) atoms. The van der Waals surface area contributed by atoms with E-state index in [1.807, 2.05) is 6.08 Å². The summed E-state index contributed by atoms with van der Waals surface area (Å²) in [7, 11) is 0. The summed E-state index contributed by atoms with van der Waals surface area (Å²) in [5.41, 5.74) is 0. The van der Waals surface area contributed by atoms with Crippen LogP contribution in [0.25, 0.3) is 0 Å². The molecule has 0 saturated carbocycles. The van der Waals surface area contributed by atoms with Gasteiger partial charge in [0, 0.05) is 11.7 Å². The van der Waals surface area contributed by atoms with E-state index < -0.39 is 0 Å². The first-order valence-corrected chi connectivity index (χ1v) is 4.79. The van der Waals surface area contributed by atoms with Crippen LogP contribution >= 0.6 is 12.6 Å². The molecule has 0 fully saturated rings. The number of carbonyl (C=O) groups is 1. The van der Waals surface area contributed by atoms with Crippen molar-refractivity contribution in [3.63, 3.8) is 0 Å². The number of thiol groups is 1. The van der Waals surface area contributed by atoms with Crippen LogP contribution in [0.5, 0.6) is 0 Å². The molecule has 1 rings (SSSR count). The van der Waals surface area contributed by atoms with E-state index in [9.17, 15) is 4.79 Å². The number of allylic oxidation sites excluding steroid dienone is 2. The molecule has 1 unspecified atom stereocenters. The van der Waals surface area contributed by atoms with E-state index in [-0.39, 0.29) is 11.2 Å². The molecule has 1 atom stereocenters. The third kappa shape index (κ3) is 3.81. The molecule has 0 saturated heterocycles. The largest absolute Gasteiger partial charge is 0.464 e. The number of esters is 1. The fraction of sp³-hybridized carbons (Fsp3) is 0.667. The van der Waals surface area contributed by atoms with Crippen LogP contribution in [0.15, 0.2) is 12.2 Å². The number of cyclic esters (lactones) is 1. The summed E-state index contributed by atoms with van der Waals surface area (Å²) < 4.78 is 4.98. The highest BCUT2D eigenvalue weighted by molar-refractivity contribution is 7.81. The van der Waals surface area contributed by atoms with Gasteiger partial charge in [-0.05, 0) is 19.3 Å². The van der Waals surface area contributed by atoms with Crippen molar-refractivity contribution in [1.82, 2.24) is 0 Å². The second-order valence-electron chi connectivity index (χ2n) is 2.92. The van der Waals surface area contributed by atoms with Crippen molar-refractivity contribution in [3.8, 4) is 0 Å². The van der Waals surface area contributed by atoms with Crippen LogP contribution in [0.3, 0.4) is 0 Å². The summed E-state index contributed by atoms with van der Waals surface area (Å²) >= 11 is 4.29. The molecule has 0 N–H and O–H groups in total. The van der Waals surface area contributed by atoms with Crippen molar-refractivity contribution < 1.29 is 9.53 Å². The summed E-state index contributed by atoms with van der Waals surface area (Å²) in [5.74, 6) is -0.111. The quantitative estimate of drug-likeness (QED) is 0.355. The van der Waals surface area contributed by atoms with E-state index in [0.717, 1.165) is 19.3 Å². The summed E-state index contributed by atoms with van der Waals surface area (Å²) in [6.45, 7) is 0.454. The minimum atomic E-state index is -0.111. The molecule has 0 aromatic heterocycles. The summed E-state index contributed by atoms with van der Waals surface area (Å²) in [4.78, 5) is 11.0. The molecule has 68 valence electrons. The van der Waals surface area contributed by atoms with Gasteiger partial charge in [-0.1, -0.05) is 12.2 Å². The van der Waals surface area contributed by atoms with Gasteiger partial charge in [-0.2, -0.15) is 12.6 Å². The first-order valence-electron chi connectivity index (χ1n) is 4.28. The van der Waals surface area contributed by atoms with Gasteiger partial charge in [0.05, 0.1) is 0 Å². The minimum absolute atomic E-state index is 0.111. The van der Waals surface area contributed by atoms with Crippen LogP contribution < -0.4 is 0 Å². The Morgan fingerprint density at radius 2 is 2.17 bits per heavy atom. The molecule has 1 aliphatic rings. The molecule has 2 nitrogen and oxygen atoms in total. The average Bonchev–Trinajstić information content (AvgIpc) is 2.07. The highest BCUT2D eigenvalue weighted by Crippen LogP contribution is 2.09. The zero-order chi connectivity index (χ0) is 8.81. The summed E-state index contributed by atoms with van der Waals surface area (Å²) in [6.07, 6.45) is 7.46. The van der Waals surface area contributed by atoms with Crippen LogP contribution in [0.1, 0.15) is 25.7 Å².